The summed E-state index contributed by atoms with van der Waals surface area (Å²) in [7, 11) is 0. The van der Waals surface area contributed by atoms with Gasteiger partial charge in [0, 0.05) is 24.7 Å². The average molecular weight is 275 g/mol. The number of carbonyl (C=O) groups excluding carboxylic acids is 1. The Morgan fingerprint density at radius 1 is 1.47 bits per heavy atom. The first-order valence-corrected chi connectivity index (χ1v) is 5.94. The van der Waals surface area contributed by atoms with Crippen LogP contribution in [0, 0.1) is 5.92 Å². The Morgan fingerprint density at radius 3 is 2.68 bits per heavy atom. The molecule has 8 nitrogen and oxygen atoms in total. The first kappa shape index (κ1) is 15.7. The SMILES string of the molecule is CC1(C)C[C@]2(O)C[C@@H](C(=O)[O-])[C@@H]3CNC(=[N+]32)N1.O.O. The smallest absolute Gasteiger partial charge is 0.349 e. The number of nitrogens with zero attached hydrogens (tertiary/aromatic N) is 1. The minimum absolute atomic E-state index is 0. The third kappa shape index (κ3) is 2.05. The van der Waals surface area contributed by atoms with Crippen LogP contribution in [0.5, 0.6) is 0 Å². The lowest BCUT2D eigenvalue weighted by Gasteiger charge is -2.37. The Hall–Kier alpha value is -1.38. The van der Waals surface area contributed by atoms with Gasteiger partial charge in [0.05, 0.1) is 12.1 Å². The Morgan fingerprint density at radius 2 is 2.11 bits per heavy atom. The lowest BCUT2D eigenvalue weighted by Crippen LogP contribution is -2.62. The molecule has 7 N–H and O–H groups in total. The van der Waals surface area contributed by atoms with Crippen molar-refractivity contribution in [1.82, 2.24) is 10.6 Å². The van der Waals surface area contributed by atoms with E-state index in [2.05, 4.69) is 10.6 Å². The molecule has 1 saturated heterocycles. The van der Waals surface area contributed by atoms with Gasteiger partial charge in [-0.05, 0) is 13.8 Å². The Kier molecular flexibility index (Phi) is 3.57. The molecule has 19 heavy (non-hydrogen) atoms. The number of carboxylic acid groups (broad SMARTS) is 1. The summed E-state index contributed by atoms with van der Waals surface area (Å²) in [5.74, 6) is -0.933. The second kappa shape index (κ2) is 4.32. The molecule has 3 aliphatic rings. The molecule has 110 valence electrons. The number of aliphatic hydroxyl groups is 1. The van der Waals surface area contributed by atoms with E-state index in [1.165, 1.54) is 0 Å². The maximum atomic E-state index is 11.1. The third-order valence-electron chi connectivity index (χ3n) is 4.00. The van der Waals surface area contributed by atoms with E-state index in [4.69, 9.17) is 0 Å². The molecule has 3 aliphatic heterocycles. The number of rotatable bonds is 1. The molecule has 0 bridgehead atoms. The molecule has 8 heteroatoms. The van der Waals surface area contributed by atoms with E-state index in [-0.39, 0.29) is 29.0 Å². The standard InChI is InChI=1S/C11H17N3O3.2H2O/c1-10(2)5-11(17)3-6(8(15)16)7-4-12-9(13-10)14(7)11;;/h6-7,17H,3-5H2,1-2H3,(H2,12,13,15,16);2*1H2/t6-,7+,11-;;/m1../s1. The molecular formula is C11H21N3O5. The molecule has 3 heterocycles. The fraction of sp³-hybridized carbons (Fsp3) is 0.818. The van der Waals surface area contributed by atoms with Crippen LogP contribution in [0.1, 0.15) is 26.7 Å². The summed E-state index contributed by atoms with van der Waals surface area (Å²) in [4.78, 5) is 11.1. The van der Waals surface area contributed by atoms with E-state index in [0.717, 1.165) is 5.96 Å². The van der Waals surface area contributed by atoms with E-state index < -0.39 is 17.6 Å². The minimum atomic E-state index is -1.07. The normalized spacial score (nSPS) is 37.4. The summed E-state index contributed by atoms with van der Waals surface area (Å²) in [6, 6.07) is -0.205. The number of aliphatic carboxylic acids is 1. The molecule has 3 atom stereocenters. The number of hydrogen-bond donors (Lipinski definition) is 3. The quantitative estimate of drug-likeness (QED) is 0.416. The van der Waals surface area contributed by atoms with Gasteiger partial charge in [0.2, 0.25) is 0 Å². The van der Waals surface area contributed by atoms with Crippen molar-refractivity contribution in [3.8, 4) is 0 Å². The van der Waals surface area contributed by atoms with Crippen molar-refractivity contribution in [3.05, 3.63) is 0 Å². The molecule has 0 aromatic rings. The summed E-state index contributed by atoms with van der Waals surface area (Å²) >= 11 is 0. The zero-order valence-corrected chi connectivity index (χ0v) is 11.0. The zero-order chi connectivity index (χ0) is 12.4. The van der Waals surface area contributed by atoms with E-state index in [1.807, 2.05) is 13.8 Å². The molecule has 0 spiro atoms. The number of carboxylic acids is 1. The van der Waals surface area contributed by atoms with Crippen LogP contribution in [0.3, 0.4) is 0 Å². The number of carbonyl (C=O) groups is 1. The van der Waals surface area contributed by atoms with Crippen LogP contribution >= 0.6 is 0 Å². The van der Waals surface area contributed by atoms with E-state index >= 15 is 0 Å². The van der Waals surface area contributed by atoms with Crippen molar-refractivity contribution in [2.24, 2.45) is 5.92 Å². The molecule has 3 rings (SSSR count). The van der Waals surface area contributed by atoms with Crippen LogP contribution in [0.15, 0.2) is 0 Å². The largest absolute Gasteiger partial charge is 0.550 e. The predicted octanol–water partition coefficient (Wildman–Crippen LogP) is -4.09. The van der Waals surface area contributed by atoms with Crippen molar-refractivity contribution in [2.75, 3.05) is 6.54 Å². The summed E-state index contributed by atoms with van der Waals surface area (Å²) in [6.07, 6.45) is 0.752. The Labute approximate surface area is 110 Å². The Balaban J connectivity index is 0.000000902. The second-order valence-corrected chi connectivity index (χ2v) is 5.96. The monoisotopic (exact) mass is 275 g/mol. The maximum absolute atomic E-state index is 11.1. The van der Waals surface area contributed by atoms with Gasteiger partial charge < -0.3 is 26.0 Å². The topological polar surface area (TPSA) is 150 Å². The summed E-state index contributed by atoms with van der Waals surface area (Å²) < 4.78 is 1.79. The van der Waals surface area contributed by atoms with Gasteiger partial charge in [-0.3, -0.25) is 10.6 Å². The highest BCUT2D eigenvalue weighted by Crippen LogP contribution is 2.41. The lowest BCUT2D eigenvalue weighted by atomic mass is 9.87. The third-order valence-corrected chi connectivity index (χ3v) is 4.00. The van der Waals surface area contributed by atoms with E-state index in [0.29, 0.717) is 13.0 Å². The Bertz CT molecular complexity index is 436. The highest BCUT2D eigenvalue weighted by molar-refractivity contribution is 5.79. The molecule has 0 unspecified atom stereocenters. The summed E-state index contributed by atoms with van der Waals surface area (Å²) in [6.45, 7) is 4.53. The van der Waals surface area contributed by atoms with Gasteiger partial charge in [0.25, 0.3) is 0 Å². The fourth-order valence-electron chi connectivity index (χ4n) is 3.54. The van der Waals surface area contributed by atoms with Gasteiger partial charge >= 0.3 is 5.96 Å². The van der Waals surface area contributed by atoms with Gasteiger partial charge in [-0.2, -0.15) is 0 Å². The van der Waals surface area contributed by atoms with Gasteiger partial charge in [-0.1, -0.05) is 0 Å². The van der Waals surface area contributed by atoms with Crippen LogP contribution < -0.4 is 15.7 Å². The predicted molar refractivity (Wildman–Crippen MR) is 64.2 cm³/mol. The molecule has 0 amide bonds. The molecule has 1 fully saturated rings. The average Bonchev–Trinajstić information content (AvgIpc) is 2.67. The summed E-state index contributed by atoms with van der Waals surface area (Å²) in [5, 5.41) is 28.2. The highest BCUT2D eigenvalue weighted by Gasteiger charge is 2.60. The van der Waals surface area contributed by atoms with Crippen LogP contribution in [-0.2, 0) is 4.79 Å². The molecule has 0 aliphatic carbocycles. The fourth-order valence-corrected chi connectivity index (χ4v) is 3.54. The van der Waals surface area contributed by atoms with E-state index in [9.17, 15) is 15.0 Å². The van der Waals surface area contributed by atoms with Crippen molar-refractivity contribution in [2.45, 2.75) is 44.0 Å². The molecule has 0 saturated carbocycles. The van der Waals surface area contributed by atoms with Crippen LogP contribution in [0.4, 0.5) is 0 Å². The van der Waals surface area contributed by atoms with Crippen LogP contribution in [0.25, 0.3) is 0 Å². The maximum Gasteiger partial charge on any atom is 0.349 e. The number of nitrogens with one attached hydrogen (secondary N) is 2. The van der Waals surface area contributed by atoms with Crippen LogP contribution in [-0.4, -0.2) is 56.4 Å². The second-order valence-electron chi connectivity index (χ2n) is 5.96. The van der Waals surface area contributed by atoms with Gasteiger partial charge in [0.1, 0.15) is 6.04 Å². The van der Waals surface area contributed by atoms with Gasteiger partial charge in [-0.15, -0.1) is 0 Å². The zero-order valence-electron chi connectivity index (χ0n) is 11.0. The highest BCUT2D eigenvalue weighted by atomic mass is 16.4. The van der Waals surface area contributed by atoms with Crippen molar-refractivity contribution in [3.63, 3.8) is 0 Å². The first-order chi connectivity index (χ1) is 7.82. The van der Waals surface area contributed by atoms with Crippen molar-refractivity contribution in [1.29, 1.82) is 0 Å². The van der Waals surface area contributed by atoms with Crippen molar-refractivity contribution < 1.29 is 30.5 Å². The van der Waals surface area contributed by atoms with E-state index in [1.54, 1.807) is 4.58 Å². The summed E-state index contributed by atoms with van der Waals surface area (Å²) in [5.41, 5.74) is -1.31. The van der Waals surface area contributed by atoms with Gasteiger partial charge in [-0.25, -0.2) is 4.58 Å². The molecule has 0 aromatic heterocycles. The lowest BCUT2D eigenvalue weighted by molar-refractivity contribution is -0.665. The van der Waals surface area contributed by atoms with Crippen LogP contribution in [0.2, 0.25) is 0 Å². The number of hydrogen-bond acceptors (Lipinski definition) is 5. The molecular weight excluding hydrogens is 254 g/mol. The van der Waals surface area contributed by atoms with Gasteiger partial charge in [0.15, 0.2) is 5.72 Å². The molecule has 0 aromatic carbocycles. The number of guanidine groups is 1. The minimum Gasteiger partial charge on any atom is -0.550 e. The first-order valence-electron chi connectivity index (χ1n) is 5.94. The van der Waals surface area contributed by atoms with Crippen molar-refractivity contribution >= 4 is 11.9 Å². The molecule has 0 radical (unpaired) electrons.